The summed E-state index contributed by atoms with van der Waals surface area (Å²) in [6.45, 7) is 2.48. The normalized spacial score (nSPS) is 16.1. The van der Waals surface area contributed by atoms with Gasteiger partial charge in [-0.1, -0.05) is 42.5 Å². The molecule has 13 nitrogen and oxygen atoms in total. The Morgan fingerprint density at radius 3 is 2.72 bits per heavy atom. The van der Waals surface area contributed by atoms with Crippen LogP contribution in [-0.4, -0.2) is 67.7 Å². The quantitative estimate of drug-likeness (QED) is 0.141. The second kappa shape index (κ2) is 15.7. The molecule has 2 N–H and O–H groups in total. The van der Waals surface area contributed by atoms with E-state index in [4.69, 9.17) is 14.6 Å². The highest BCUT2D eigenvalue weighted by molar-refractivity contribution is 5.97. The predicted molar refractivity (Wildman–Crippen MR) is 196 cm³/mol. The molecule has 278 valence electrons. The number of alkyl halides is 2. The molecule has 1 amide bonds. The molecule has 5 aromatic rings. The lowest BCUT2D eigenvalue weighted by molar-refractivity contribution is -0.0394. The van der Waals surface area contributed by atoms with Crippen molar-refractivity contribution in [3.63, 3.8) is 0 Å². The van der Waals surface area contributed by atoms with E-state index in [1.165, 1.54) is 4.57 Å². The molecule has 2 aromatic carbocycles. The smallest absolute Gasteiger partial charge is 0.414 e. The molecule has 15 heteroatoms. The van der Waals surface area contributed by atoms with Gasteiger partial charge in [0.2, 0.25) is 11.9 Å². The van der Waals surface area contributed by atoms with Crippen LogP contribution in [0.25, 0.3) is 11.0 Å². The molecule has 0 aliphatic carbocycles. The van der Waals surface area contributed by atoms with Crippen LogP contribution in [0, 0.1) is 6.92 Å². The van der Waals surface area contributed by atoms with Crippen molar-refractivity contribution < 1.29 is 28.2 Å². The number of rotatable bonds is 12. The van der Waals surface area contributed by atoms with Crippen LogP contribution in [0.1, 0.15) is 55.9 Å². The second-order valence-corrected chi connectivity index (χ2v) is 13.3. The molecule has 53 heavy (non-hydrogen) atoms. The van der Waals surface area contributed by atoms with Gasteiger partial charge in [0.1, 0.15) is 24.2 Å². The van der Waals surface area contributed by atoms with E-state index in [0.717, 1.165) is 30.4 Å². The number of aliphatic hydroxyl groups excluding tert-OH is 1. The van der Waals surface area contributed by atoms with Crippen molar-refractivity contribution in [3.8, 4) is 0 Å². The molecule has 1 atom stereocenters. The topological polar surface area (TPSA) is 140 Å². The van der Waals surface area contributed by atoms with Gasteiger partial charge in [0.25, 0.3) is 5.56 Å². The Morgan fingerprint density at radius 1 is 1.08 bits per heavy atom. The van der Waals surface area contributed by atoms with Gasteiger partial charge in [-0.05, 0) is 55.9 Å². The van der Waals surface area contributed by atoms with Crippen molar-refractivity contribution in [2.75, 3.05) is 41.4 Å². The SMILES string of the molecule is Cc1cccc2c1N(C(=O)OCc1ccccc1)CCN2c1cc2cnc(Nc3cnn(C4CCCCO4)c3)nc2n(CCCC(F)(F)CCO)c1=O. The van der Waals surface area contributed by atoms with E-state index in [-0.39, 0.29) is 50.5 Å². The van der Waals surface area contributed by atoms with Crippen LogP contribution in [-0.2, 0) is 22.6 Å². The van der Waals surface area contributed by atoms with Gasteiger partial charge in [-0.15, -0.1) is 0 Å². The Morgan fingerprint density at radius 2 is 1.92 bits per heavy atom. The van der Waals surface area contributed by atoms with E-state index in [9.17, 15) is 18.4 Å². The number of fused-ring (bicyclic) bond motifs is 2. The van der Waals surface area contributed by atoms with Crippen LogP contribution in [0.2, 0.25) is 0 Å². The number of para-hydroxylation sites is 1. The van der Waals surface area contributed by atoms with Crippen molar-refractivity contribution in [2.45, 2.75) is 70.8 Å². The van der Waals surface area contributed by atoms with Crippen LogP contribution < -0.4 is 20.7 Å². The molecule has 5 heterocycles. The molecule has 0 spiro atoms. The Hall–Kier alpha value is -5.41. The lowest BCUT2D eigenvalue weighted by Crippen LogP contribution is -2.44. The minimum Gasteiger partial charge on any atom is -0.444 e. The number of aromatic nitrogens is 5. The summed E-state index contributed by atoms with van der Waals surface area (Å²) in [7, 11) is 0. The van der Waals surface area contributed by atoms with Gasteiger partial charge in [-0.25, -0.2) is 23.2 Å². The lowest BCUT2D eigenvalue weighted by atomic mass is 10.1. The summed E-state index contributed by atoms with van der Waals surface area (Å²) in [5.41, 5.74) is 3.68. The molecule has 2 aliphatic rings. The number of benzene rings is 2. The minimum absolute atomic E-state index is 0.0386. The molecule has 0 radical (unpaired) electrons. The number of ether oxygens (including phenoxy) is 2. The van der Waals surface area contributed by atoms with Gasteiger partial charge in [0, 0.05) is 57.3 Å². The van der Waals surface area contributed by atoms with Crippen molar-refractivity contribution in [1.82, 2.24) is 24.3 Å². The number of hydrogen-bond donors (Lipinski definition) is 2. The number of carbonyl (C=O) groups excluding carboxylic acids is 1. The summed E-state index contributed by atoms with van der Waals surface area (Å²) in [5.74, 6) is -2.88. The fourth-order valence-corrected chi connectivity index (χ4v) is 6.89. The highest BCUT2D eigenvalue weighted by Gasteiger charge is 2.32. The summed E-state index contributed by atoms with van der Waals surface area (Å²) in [6.07, 6.45) is 6.09. The second-order valence-electron chi connectivity index (χ2n) is 13.3. The Kier molecular flexibility index (Phi) is 10.6. The minimum atomic E-state index is -3.09. The van der Waals surface area contributed by atoms with E-state index < -0.39 is 37.0 Å². The van der Waals surface area contributed by atoms with Crippen LogP contribution >= 0.6 is 0 Å². The van der Waals surface area contributed by atoms with E-state index in [0.29, 0.717) is 34.7 Å². The number of amides is 1. The molecule has 2 aliphatic heterocycles. The summed E-state index contributed by atoms with van der Waals surface area (Å²) < 4.78 is 43.6. The molecule has 1 saturated heterocycles. The fourth-order valence-electron chi connectivity index (χ4n) is 6.89. The maximum Gasteiger partial charge on any atom is 0.414 e. The number of anilines is 5. The zero-order valence-corrected chi connectivity index (χ0v) is 29.5. The highest BCUT2D eigenvalue weighted by atomic mass is 19.3. The Bertz CT molecular complexity index is 2120. The average molecular weight is 729 g/mol. The van der Waals surface area contributed by atoms with Gasteiger partial charge in [-0.3, -0.25) is 14.3 Å². The maximum absolute atomic E-state index is 14.5. The predicted octanol–water partition coefficient (Wildman–Crippen LogP) is 6.83. The van der Waals surface area contributed by atoms with Crippen LogP contribution in [0.3, 0.4) is 0 Å². The average Bonchev–Trinajstić information content (AvgIpc) is 3.63. The summed E-state index contributed by atoms with van der Waals surface area (Å²) in [5, 5.41) is 17.2. The first-order chi connectivity index (χ1) is 25.7. The molecule has 0 saturated carbocycles. The number of halogens is 2. The lowest BCUT2D eigenvalue weighted by Gasteiger charge is -2.38. The molecular weight excluding hydrogens is 686 g/mol. The van der Waals surface area contributed by atoms with Crippen molar-refractivity contribution in [1.29, 1.82) is 0 Å². The van der Waals surface area contributed by atoms with E-state index in [1.807, 2.05) is 60.4 Å². The fraction of sp³-hybridized carbons (Fsp3) is 0.395. The van der Waals surface area contributed by atoms with Crippen LogP contribution in [0.4, 0.5) is 42.3 Å². The molecule has 0 bridgehead atoms. The molecule has 7 rings (SSSR count). The first kappa shape index (κ1) is 36.0. The van der Waals surface area contributed by atoms with Gasteiger partial charge in [0.05, 0.1) is 29.5 Å². The number of pyridine rings is 1. The molecule has 3 aromatic heterocycles. The first-order valence-corrected chi connectivity index (χ1v) is 17.9. The van der Waals surface area contributed by atoms with Crippen LogP contribution in [0.15, 0.2) is 78.0 Å². The monoisotopic (exact) mass is 728 g/mol. The zero-order valence-electron chi connectivity index (χ0n) is 29.5. The Labute approximate surface area is 304 Å². The molecule has 1 unspecified atom stereocenters. The highest BCUT2D eigenvalue weighted by Crippen LogP contribution is 2.40. The van der Waals surface area contributed by atoms with Gasteiger partial charge in [-0.2, -0.15) is 10.1 Å². The van der Waals surface area contributed by atoms with E-state index in [1.54, 1.807) is 34.2 Å². The maximum atomic E-state index is 14.5. The third-order valence-corrected chi connectivity index (χ3v) is 9.56. The number of aliphatic hydroxyl groups is 1. The van der Waals surface area contributed by atoms with Crippen molar-refractivity contribution >= 4 is 45.8 Å². The molecular formula is C38H42F2N8O5. The third kappa shape index (κ3) is 8.00. The van der Waals surface area contributed by atoms with Gasteiger partial charge >= 0.3 is 6.09 Å². The first-order valence-electron chi connectivity index (χ1n) is 17.9. The number of nitrogens with zero attached hydrogens (tertiary/aromatic N) is 7. The van der Waals surface area contributed by atoms with E-state index in [2.05, 4.69) is 20.4 Å². The Balaban J connectivity index is 1.21. The summed E-state index contributed by atoms with van der Waals surface area (Å²) in [6, 6.07) is 16.7. The van der Waals surface area contributed by atoms with E-state index >= 15 is 0 Å². The summed E-state index contributed by atoms with van der Waals surface area (Å²) >= 11 is 0. The largest absolute Gasteiger partial charge is 0.444 e. The van der Waals surface area contributed by atoms with Crippen molar-refractivity contribution in [2.24, 2.45) is 0 Å². The molecule has 1 fully saturated rings. The number of nitrogens with one attached hydrogen (secondary N) is 1. The van der Waals surface area contributed by atoms with Gasteiger partial charge in [0.15, 0.2) is 0 Å². The standard InChI is InChI=1S/C38H42F2N8O5/c1-26-9-7-12-30-33(26)46(37(51)53-25-27-10-3-2-4-11-27)18-17-45(30)31-21-28-22-41-36(43-29-23-42-48(24-29)32-13-5-6-20-52-32)44-34(28)47(35(31)50)16-8-14-38(39,40)15-19-49/h2-4,7,9-12,21-24,32,49H,5-6,8,13-20,25H2,1H3,(H,41,43,44). The van der Waals surface area contributed by atoms with Crippen molar-refractivity contribution in [3.05, 3.63) is 94.7 Å². The zero-order chi connectivity index (χ0) is 37.0. The number of hydrogen-bond acceptors (Lipinski definition) is 10. The number of aryl methyl sites for hydroxylation is 2. The third-order valence-electron chi connectivity index (χ3n) is 9.56. The van der Waals surface area contributed by atoms with Gasteiger partial charge < -0.3 is 24.8 Å². The summed E-state index contributed by atoms with van der Waals surface area (Å²) in [4.78, 5) is 40.5. The van der Waals surface area contributed by atoms with Crippen LogP contribution in [0.5, 0.6) is 0 Å². The number of carbonyl (C=O) groups is 1.